The van der Waals surface area contributed by atoms with Gasteiger partial charge in [0.15, 0.2) is 5.78 Å². The lowest BCUT2D eigenvalue weighted by Crippen LogP contribution is -3.16. The topological polar surface area (TPSA) is 54.2 Å². The second-order valence-electron chi connectivity index (χ2n) is 7.51. The summed E-state index contributed by atoms with van der Waals surface area (Å²) in [5, 5.41) is 10.3. The third-order valence-corrected chi connectivity index (χ3v) is 5.23. The van der Waals surface area contributed by atoms with Crippen LogP contribution in [-0.2, 0) is 6.18 Å². The van der Waals surface area contributed by atoms with Crippen molar-refractivity contribution in [1.82, 2.24) is 0 Å². The van der Waals surface area contributed by atoms with Crippen LogP contribution in [0.25, 0.3) is 0 Å². The van der Waals surface area contributed by atoms with Crippen molar-refractivity contribution in [2.45, 2.75) is 19.2 Å². The van der Waals surface area contributed by atoms with Gasteiger partial charge in [-0.1, -0.05) is 18.2 Å². The molecule has 3 rings (SSSR count). The number of aliphatic hydroxyl groups is 1. The fraction of sp³-hybridized carbons (Fsp3) is 0.409. The summed E-state index contributed by atoms with van der Waals surface area (Å²) in [4.78, 5) is 14.7. The summed E-state index contributed by atoms with van der Waals surface area (Å²) in [6, 6.07) is 12.3. The van der Waals surface area contributed by atoms with E-state index in [1.807, 2.05) is 4.90 Å². The van der Waals surface area contributed by atoms with Crippen LogP contribution in [0.5, 0.6) is 5.75 Å². The lowest BCUT2D eigenvalue weighted by molar-refractivity contribution is -0.903. The molecule has 0 aliphatic carbocycles. The summed E-state index contributed by atoms with van der Waals surface area (Å²) in [6.45, 7) is 4.64. The van der Waals surface area contributed by atoms with Crippen molar-refractivity contribution in [2.75, 3.05) is 44.2 Å². The van der Waals surface area contributed by atoms with E-state index in [4.69, 9.17) is 4.74 Å². The Balaban J connectivity index is 1.49. The first kappa shape index (κ1) is 22.1. The Labute approximate surface area is 173 Å². The quantitative estimate of drug-likeness (QED) is 0.670. The molecule has 1 heterocycles. The molecule has 2 aromatic carbocycles. The molecular weight excluding hydrogens is 397 g/mol. The van der Waals surface area contributed by atoms with Crippen molar-refractivity contribution >= 4 is 11.5 Å². The first-order chi connectivity index (χ1) is 14.2. The number of hydrogen-bond donors (Lipinski definition) is 2. The molecule has 2 aromatic rings. The zero-order valence-electron chi connectivity index (χ0n) is 16.8. The molecule has 0 radical (unpaired) electrons. The highest BCUT2D eigenvalue weighted by Gasteiger charge is 2.31. The Morgan fingerprint density at radius 3 is 2.53 bits per heavy atom. The van der Waals surface area contributed by atoms with Gasteiger partial charge in [0, 0.05) is 5.69 Å². The van der Waals surface area contributed by atoms with Crippen molar-refractivity contribution in [3.8, 4) is 5.75 Å². The molecular formula is C22H26F3N2O3+. The Kier molecular flexibility index (Phi) is 6.99. The van der Waals surface area contributed by atoms with Crippen LogP contribution in [0, 0.1) is 0 Å². The van der Waals surface area contributed by atoms with Crippen LogP contribution in [0.1, 0.15) is 22.8 Å². The molecule has 1 saturated heterocycles. The van der Waals surface area contributed by atoms with E-state index in [0.29, 0.717) is 49.7 Å². The van der Waals surface area contributed by atoms with Crippen LogP contribution in [0.4, 0.5) is 18.9 Å². The van der Waals surface area contributed by atoms with Gasteiger partial charge < -0.3 is 19.6 Å². The fourth-order valence-electron chi connectivity index (χ4n) is 3.63. The number of ether oxygens (including phenoxy) is 1. The maximum Gasteiger partial charge on any atom is 0.416 e. The fourth-order valence-corrected chi connectivity index (χ4v) is 3.63. The highest BCUT2D eigenvalue weighted by atomic mass is 19.4. The number of alkyl halides is 3. The summed E-state index contributed by atoms with van der Waals surface area (Å²) >= 11 is 0. The molecule has 0 spiro atoms. The molecule has 0 bridgehead atoms. The predicted octanol–water partition coefficient (Wildman–Crippen LogP) is 2.05. The third kappa shape index (κ3) is 5.73. The number of piperazine rings is 1. The minimum atomic E-state index is -4.35. The maximum atomic E-state index is 12.9. The van der Waals surface area contributed by atoms with Crippen molar-refractivity contribution in [2.24, 2.45) is 0 Å². The van der Waals surface area contributed by atoms with Crippen LogP contribution in [-0.4, -0.2) is 56.3 Å². The average Bonchev–Trinajstić information content (AvgIpc) is 2.72. The molecule has 8 heteroatoms. The third-order valence-electron chi connectivity index (χ3n) is 5.23. The first-order valence-corrected chi connectivity index (χ1v) is 9.90. The molecule has 1 fully saturated rings. The zero-order chi connectivity index (χ0) is 21.7. The molecule has 0 saturated carbocycles. The number of carbonyl (C=O) groups excluding carboxylic acids is 1. The number of aliphatic hydroxyl groups excluding tert-OH is 1. The van der Waals surface area contributed by atoms with Gasteiger partial charge in [-0.05, 0) is 37.3 Å². The summed E-state index contributed by atoms with van der Waals surface area (Å²) < 4.78 is 44.4. The van der Waals surface area contributed by atoms with E-state index in [9.17, 15) is 23.1 Å². The van der Waals surface area contributed by atoms with Gasteiger partial charge in [0.1, 0.15) is 25.0 Å². The first-order valence-electron chi connectivity index (χ1n) is 9.90. The van der Waals surface area contributed by atoms with Crippen LogP contribution < -0.4 is 14.5 Å². The minimum Gasteiger partial charge on any atom is -0.490 e. The number of rotatable bonds is 7. The Bertz CT molecular complexity index is 865. The van der Waals surface area contributed by atoms with Crippen molar-refractivity contribution in [3.05, 3.63) is 59.7 Å². The molecule has 5 nitrogen and oxygen atoms in total. The van der Waals surface area contributed by atoms with Gasteiger partial charge in [0.2, 0.25) is 0 Å². The Morgan fingerprint density at radius 1 is 1.17 bits per heavy atom. The molecule has 1 aliphatic heterocycles. The number of nitrogens with one attached hydrogen (secondary N) is 1. The normalized spacial score (nSPS) is 16.4. The maximum absolute atomic E-state index is 12.9. The van der Waals surface area contributed by atoms with Crippen molar-refractivity contribution in [3.63, 3.8) is 0 Å². The number of carbonyl (C=O) groups is 1. The number of halogens is 3. The SMILES string of the molecule is CC(=O)c1ccccc1OC[C@H](O)C[NH+]1CCN(c2cccc(C(F)(F)F)c2)CC1. The number of Topliss-reactive ketones (excluding diaryl/α,β-unsaturated/α-hetero) is 1. The van der Waals surface area contributed by atoms with E-state index in [0.717, 1.165) is 11.0 Å². The van der Waals surface area contributed by atoms with E-state index in [1.165, 1.54) is 19.1 Å². The molecule has 30 heavy (non-hydrogen) atoms. The summed E-state index contributed by atoms with van der Waals surface area (Å²) in [5.74, 6) is 0.352. The van der Waals surface area contributed by atoms with Gasteiger partial charge in [-0.15, -0.1) is 0 Å². The van der Waals surface area contributed by atoms with Crippen LogP contribution in [0.2, 0.25) is 0 Å². The van der Waals surface area contributed by atoms with Gasteiger partial charge in [0.05, 0.1) is 37.3 Å². The van der Waals surface area contributed by atoms with E-state index < -0.39 is 17.8 Å². The highest BCUT2D eigenvalue weighted by Crippen LogP contribution is 2.31. The zero-order valence-corrected chi connectivity index (χ0v) is 16.8. The number of hydrogen-bond acceptors (Lipinski definition) is 4. The molecule has 2 N–H and O–H groups in total. The van der Waals surface area contributed by atoms with Crippen LogP contribution >= 0.6 is 0 Å². The molecule has 0 unspecified atom stereocenters. The second-order valence-corrected chi connectivity index (χ2v) is 7.51. The van der Waals surface area contributed by atoms with Gasteiger partial charge in [-0.3, -0.25) is 4.79 Å². The largest absolute Gasteiger partial charge is 0.490 e. The summed E-state index contributed by atoms with van der Waals surface area (Å²) in [6.07, 6.45) is -5.06. The van der Waals surface area contributed by atoms with E-state index in [-0.39, 0.29) is 12.4 Å². The van der Waals surface area contributed by atoms with Gasteiger partial charge in [0.25, 0.3) is 0 Å². The molecule has 0 aromatic heterocycles. The number of benzene rings is 2. The van der Waals surface area contributed by atoms with Gasteiger partial charge in [-0.2, -0.15) is 13.2 Å². The van der Waals surface area contributed by atoms with Crippen LogP contribution in [0.15, 0.2) is 48.5 Å². The molecule has 0 amide bonds. The van der Waals surface area contributed by atoms with Crippen molar-refractivity contribution < 1.29 is 32.7 Å². The monoisotopic (exact) mass is 423 g/mol. The standard InChI is InChI=1S/C22H25F3N2O3/c1-16(28)20-7-2-3-8-21(20)30-15-19(29)14-26-9-11-27(12-10-26)18-6-4-5-17(13-18)22(23,24)25/h2-8,13,19,29H,9-12,14-15H2,1H3/p+1/t19-/m1/s1. The Morgan fingerprint density at radius 2 is 1.87 bits per heavy atom. The van der Waals surface area contributed by atoms with E-state index in [1.54, 1.807) is 30.3 Å². The van der Waals surface area contributed by atoms with Crippen LogP contribution in [0.3, 0.4) is 0 Å². The van der Waals surface area contributed by atoms with E-state index in [2.05, 4.69) is 0 Å². The summed E-state index contributed by atoms with van der Waals surface area (Å²) in [7, 11) is 0. The number of para-hydroxylation sites is 1. The lowest BCUT2D eigenvalue weighted by Gasteiger charge is -2.34. The van der Waals surface area contributed by atoms with Crippen molar-refractivity contribution in [1.29, 1.82) is 0 Å². The smallest absolute Gasteiger partial charge is 0.416 e. The number of quaternary nitrogens is 1. The Hall–Kier alpha value is -2.58. The van der Waals surface area contributed by atoms with Gasteiger partial charge in [-0.25, -0.2) is 0 Å². The highest BCUT2D eigenvalue weighted by molar-refractivity contribution is 5.96. The van der Waals surface area contributed by atoms with E-state index >= 15 is 0 Å². The number of ketones is 1. The molecule has 162 valence electrons. The predicted molar refractivity (Wildman–Crippen MR) is 107 cm³/mol. The number of nitrogens with zero attached hydrogens (tertiary/aromatic N) is 1. The molecule has 1 atom stereocenters. The minimum absolute atomic E-state index is 0.0745. The summed E-state index contributed by atoms with van der Waals surface area (Å²) in [5.41, 5.74) is 0.397. The average molecular weight is 423 g/mol. The number of anilines is 1. The molecule has 1 aliphatic rings. The van der Waals surface area contributed by atoms with Gasteiger partial charge >= 0.3 is 6.18 Å². The lowest BCUT2D eigenvalue weighted by atomic mass is 10.1. The second kappa shape index (κ2) is 9.49.